The normalized spacial score (nSPS) is 17.9. The topological polar surface area (TPSA) is 376 Å². The molecular formula is C109H106BrCl4F3N24O6. The first-order chi connectivity index (χ1) is 70.3. The number of rotatable bonds is 21. The van der Waals surface area contributed by atoms with Crippen LogP contribution in [0.5, 0.6) is 0 Å². The van der Waals surface area contributed by atoms with Crippen molar-refractivity contribution in [3.8, 4) is 5.69 Å². The summed E-state index contributed by atoms with van der Waals surface area (Å²) in [5.41, 5.74) is 14.8. The second kappa shape index (κ2) is 38.9. The van der Waals surface area contributed by atoms with Crippen LogP contribution in [0.3, 0.4) is 0 Å². The van der Waals surface area contributed by atoms with E-state index < -0.39 is 11.4 Å². The highest BCUT2D eigenvalue weighted by Crippen LogP contribution is 2.55. The molecule has 0 bridgehead atoms. The summed E-state index contributed by atoms with van der Waals surface area (Å²) in [6.07, 6.45) is 28.9. The molecule has 0 spiro atoms. The van der Waals surface area contributed by atoms with Gasteiger partial charge in [0.2, 0.25) is 0 Å². The van der Waals surface area contributed by atoms with E-state index in [1.165, 1.54) is 18.2 Å². The van der Waals surface area contributed by atoms with E-state index >= 15 is 0 Å². The number of halogens is 8. The summed E-state index contributed by atoms with van der Waals surface area (Å²) in [5, 5.41) is 51.2. The molecule has 0 unspecified atom stereocenters. The number of nitrogens with one attached hydrogen (secondary N) is 12. The fourth-order valence-electron chi connectivity index (χ4n) is 19.6. The van der Waals surface area contributed by atoms with Crippen LogP contribution < -0.4 is 31.9 Å². The molecule has 6 amide bonds. The van der Waals surface area contributed by atoms with Crippen LogP contribution >= 0.6 is 62.3 Å². The summed E-state index contributed by atoms with van der Waals surface area (Å²) in [6.45, 7) is 12.2. The van der Waals surface area contributed by atoms with E-state index in [2.05, 4.69) is 143 Å². The highest BCUT2D eigenvalue weighted by Gasteiger charge is 2.57. The van der Waals surface area contributed by atoms with Crippen molar-refractivity contribution in [1.29, 1.82) is 0 Å². The molecule has 4 atom stereocenters. The van der Waals surface area contributed by atoms with E-state index in [4.69, 9.17) is 46.4 Å². The summed E-state index contributed by atoms with van der Waals surface area (Å²) in [5.74, 6) is -1.25. The maximum absolute atomic E-state index is 14.2. The Kier molecular flexibility index (Phi) is 26.4. The summed E-state index contributed by atoms with van der Waals surface area (Å²) >= 11 is 27.1. The lowest BCUT2D eigenvalue weighted by Gasteiger charge is -2.18. The lowest BCUT2D eigenvalue weighted by molar-refractivity contribution is 0.0914. The van der Waals surface area contributed by atoms with Gasteiger partial charge >= 0.3 is 0 Å². The molecule has 0 aliphatic heterocycles. The van der Waals surface area contributed by atoms with Gasteiger partial charge in [0.1, 0.15) is 45.8 Å². The predicted octanol–water partition coefficient (Wildman–Crippen LogP) is 21.7. The molecule has 7 aromatic carbocycles. The number of para-hydroxylation sites is 1. The summed E-state index contributed by atoms with van der Waals surface area (Å²) < 4.78 is 53.5. The molecule has 38 heteroatoms. The van der Waals surface area contributed by atoms with E-state index in [9.17, 15) is 41.9 Å². The lowest BCUT2D eigenvalue weighted by atomic mass is 9.99. The number of hydrogen-bond acceptors (Lipinski definition) is 12. The number of H-pyrrole nitrogens is 6. The lowest BCUT2D eigenvalue weighted by Crippen LogP contribution is -2.36. The van der Waals surface area contributed by atoms with Crippen molar-refractivity contribution in [2.45, 2.75) is 151 Å². The van der Waals surface area contributed by atoms with E-state index in [1.807, 2.05) is 196 Å². The zero-order valence-corrected chi connectivity index (χ0v) is 86.7. The Bertz CT molecular complexity index is 8220. The molecule has 12 N–H and O–H groups in total. The molecule has 147 heavy (non-hydrogen) atoms. The van der Waals surface area contributed by atoms with E-state index in [1.54, 1.807) is 76.0 Å². The number of amides is 6. The van der Waals surface area contributed by atoms with Gasteiger partial charge in [-0.25, -0.2) is 17.9 Å². The number of carbonyl (C=O) groups excluding carboxylic acids is 6. The minimum atomic E-state index is -0.522. The third-order valence-corrected chi connectivity index (χ3v) is 30.2. The number of aromatic nitrogens is 18. The Morgan fingerprint density at radius 2 is 0.796 bits per heavy atom. The van der Waals surface area contributed by atoms with Crippen molar-refractivity contribution >= 4 is 163 Å². The third kappa shape index (κ3) is 20.4. The van der Waals surface area contributed by atoms with Gasteiger partial charge in [-0.3, -0.25) is 52.2 Å². The van der Waals surface area contributed by atoms with Crippen LogP contribution in [-0.4, -0.2) is 124 Å². The van der Waals surface area contributed by atoms with Gasteiger partial charge in [-0.05, 0) is 234 Å². The van der Waals surface area contributed by atoms with Crippen LogP contribution in [0.4, 0.5) is 13.2 Å². The zero-order chi connectivity index (χ0) is 103. The van der Waals surface area contributed by atoms with Gasteiger partial charge in [-0.2, -0.15) is 30.6 Å². The second-order valence-electron chi connectivity index (χ2n) is 39.8. The van der Waals surface area contributed by atoms with Gasteiger partial charge in [0.25, 0.3) is 35.4 Å². The first-order valence-corrected chi connectivity index (χ1v) is 50.8. The van der Waals surface area contributed by atoms with E-state index in [-0.39, 0.29) is 79.8 Å². The number of aryl methyl sites for hydroxylation is 7. The second-order valence-corrected chi connectivity index (χ2v) is 42.5. The molecule has 19 aromatic rings. The summed E-state index contributed by atoms with van der Waals surface area (Å²) in [6, 6.07) is 46.6. The van der Waals surface area contributed by atoms with Crippen LogP contribution in [0.15, 0.2) is 224 Å². The van der Waals surface area contributed by atoms with Crippen LogP contribution in [-0.2, 0) is 74.9 Å². The van der Waals surface area contributed by atoms with Crippen LogP contribution in [0.2, 0.25) is 20.1 Å². The molecule has 6 saturated carbocycles. The maximum atomic E-state index is 14.2. The van der Waals surface area contributed by atoms with Gasteiger partial charge in [0.15, 0.2) is 5.82 Å². The monoisotopic (exact) mass is 2120 g/mol. The van der Waals surface area contributed by atoms with Crippen molar-refractivity contribution < 1.29 is 41.9 Å². The number of nitrogens with zero attached hydrogens (tertiary/aromatic N) is 12. The van der Waals surface area contributed by atoms with Crippen LogP contribution in [0.1, 0.15) is 218 Å². The Morgan fingerprint density at radius 3 is 1.24 bits per heavy atom. The smallest absolute Gasteiger partial charge is 0.268 e. The molecule has 0 radical (unpaired) electrons. The molecular weight excluding hydrogens is 2020 g/mol. The number of fused-ring (bicyclic) bond motifs is 6. The summed E-state index contributed by atoms with van der Waals surface area (Å²) in [4.78, 5) is 94.6. The standard InChI is InChI=1S/C21H17ClN4O.C19H21ClN4O.C18H19ClN4O.C18H19FN4O.C17H16ClFN4O.C16H14BrFN4O/c22-16-6-7-18-14(10-16)11-19(24-18)20(27)25-21(8-9-21)15-12-23-26(13-15)17-4-2-1-3-5-17;1-11(2)17-14(10-24(3)23-17)19(6-7-19)22-18(25)16-9-12-8-13(20)4-5-15(12)21-16;1-3-14-13(10-23(2)22-14)18(6-7-18)21-17(24)16-9-11-8-12(19)4-5-15(11)20-16;1-10-4-5-14-13(16(10)19)6-15(21-14)17(24)22-18(7-11(18)2)12-8-20-23(3)9-12;1-9-6-17(9,10-7-20-23(2)8-10)22-16(24)14-5-11-13(21-14)4-3-12(18)15(11)19;1-22-8-10(7-19-22)16(2-3-16)21-15(23)13-5-9-4-11(17)6-12(18)14(9)20-13/h1-7,10-13,24H,8-9H2,(H,25,27);4-5,8-11,21H,6-7H2,1-3H3,(H,22,25);4-5,8-10,20H,3,6-7H2,1-2H3,(H,21,24);4-6,8-9,11,21H,7H2,1-3H3,(H,22,24);3-5,7-9,21H,6H2,1-2H3,(H,22,24);4-8,20H,2-3H2,1H3,(H,21,23)/t;;;11-,18-;9-,17-;/m...10./s1. The van der Waals surface area contributed by atoms with Gasteiger partial charge in [0, 0.05) is 185 Å². The van der Waals surface area contributed by atoms with Crippen molar-refractivity contribution in [3.63, 3.8) is 0 Å². The first kappa shape index (κ1) is 99.6. The summed E-state index contributed by atoms with van der Waals surface area (Å²) in [7, 11) is 9.39. The average Bonchev–Trinajstić information content (AvgIpc) is 1.57. The van der Waals surface area contributed by atoms with E-state index in [0.29, 0.717) is 110 Å². The number of aromatic amines is 6. The fourth-order valence-corrected chi connectivity index (χ4v) is 20.8. The van der Waals surface area contributed by atoms with Gasteiger partial charge in [-0.15, -0.1) is 0 Å². The maximum Gasteiger partial charge on any atom is 0.268 e. The quantitative estimate of drug-likeness (QED) is 0.0319. The Morgan fingerprint density at radius 1 is 0.415 bits per heavy atom. The zero-order valence-electron chi connectivity index (χ0n) is 82.1. The molecule has 754 valence electrons. The fraction of sp³-hybridized carbons (Fsp3) is 0.284. The van der Waals surface area contributed by atoms with Gasteiger partial charge in [0.05, 0.1) is 85.6 Å². The first-order valence-electron chi connectivity index (χ1n) is 48.5. The molecule has 0 saturated heterocycles. The van der Waals surface area contributed by atoms with Crippen molar-refractivity contribution in [2.24, 2.45) is 47.1 Å². The third-order valence-electron chi connectivity index (χ3n) is 28.7. The van der Waals surface area contributed by atoms with Crippen molar-refractivity contribution in [1.82, 2.24) is 120 Å². The van der Waals surface area contributed by atoms with Crippen LogP contribution in [0.25, 0.3) is 71.1 Å². The average molecular weight is 2130 g/mol. The Balaban J connectivity index is 0.000000107. The van der Waals surface area contributed by atoms with Gasteiger partial charge in [-0.1, -0.05) is 121 Å². The molecule has 30 nitrogen and oxygen atoms in total. The minimum absolute atomic E-state index is 0.0381. The Labute approximate surface area is 869 Å². The SMILES string of the molecule is CC(C)c1nn(C)cc1C1(NC(=O)c2cc3cc(Cl)ccc3[nH]2)CC1.CCc1nn(C)cc1C1(NC(=O)c2cc3cc(Cl)ccc3[nH]2)CC1.C[C@H]1C[C@@]1(NC(=O)c1cc2c(F)c(Cl)ccc2[nH]1)c1cnn(C)c1.Cc1ccc2[nH]c(C(=O)N[C@]3(c4cnn(C)c4)C[C@H]3C)cc2c1F.Cn1cc(C2(NC(=O)c3cc4cc(Br)cc(F)c4[nH]3)CC2)cn1.O=C(NC1(c2cnn(-c3ccccc3)c2)CC1)c1cc2cc(Cl)ccc2[nH]1. The molecule has 6 aliphatic carbocycles. The number of benzene rings is 7. The number of carbonyl (C=O) groups is 6. The Hall–Kier alpha value is -14.7. The highest BCUT2D eigenvalue weighted by molar-refractivity contribution is 9.10. The van der Waals surface area contributed by atoms with Crippen LogP contribution in [0, 0.1) is 36.2 Å². The molecule has 12 heterocycles. The number of hydrogen-bond donors (Lipinski definition) is 12. The molecule has 6 aliphatic rings. The highest BCUT2D eigenvalue weighted by atomic mass is 79.9. The van der Waals surface area contributed by atoms with E-state index in [0.717, 1.165) is 154 Å². The molecule has 25 rings (SSSR count). The van der Waals surface area contributed by atoms with Crippen molar-refractivity contribution in [2.75, 3.05) is 0 Å². The molecule has 12 aromatic heterocycles. The predicted molar refractivity (Wildman–Crippen MR) is 565 cm³/mol. The minimum Gasteiger partial charge on any atom is -0.351 e. The largest absolute Gasteiger partial charge is 0.351 e. The van der Waals surface area contributed by atoms with Crippen molar-refractivity contribution in [3.05, 3.63) is 346 Å². The van der Waals surface area contributed by atoms with Gasteiger partial charge < -0.3 is 61.8 Å². The molecule has 6 fully saturated rings.